The van der Waals surface area contributed by atoms with Crippen LogP contribution in [0.2, 0.25) is 5.02 Å². The van der Waals surface area contributed by atoms with E-state index in [0.717, 1.165) is 29.2 Å². The van der Waals surface area contributed by atoms with Gasteiger partial charge in [0.05, 0.1) is 6.61 Å². The van der Waals surface area contributed by atoms with E-state index in [4.69, 9.17) is 21.4 Å². The number of benzene rings is 2. The highest BCUT2D eigenvalue weighted by Crippen LogP contribution is 2.17. The molecule has 0 amide bonds. The number of aliphatic hydroxyl groups excluding tert-OH is 1. The van der Waals surface area contributed by atoms with Crippen LogP contribution >= 0.6 is 11.6 Å². The van der Waals surface area contributed by atoms with E-state index in [1.165, 1.54) is 5.56 Å². The van der Waals surface area contributed by atoms with Gasteiger partial charge in [-0.1, -0.05) is 35.9 Å². The summed E-state index contributed by atoms with van der Waals surface area (Å²) in [7, 11) is 0. The van der Waals surface area contributed by atoms with Gasteiger partial charge in [0, 0.05) is 17.6 Å². The lowest BCUT2D eigenvalue weighted by atomic mass is 10.1. The van der Waals surface area contributed by atoms with Crippen LogP contribution in [0.15, 0.2) is 48.5 Å². The van der Waals surface area contributed by atoms with Crippen LogP contribution in [0.25, 0.3) is 0 Å². The Balaban J connectivity index is 1.78. The van der Waals surface area contributed by atoms with Crippen molar-refractivity contribution < 1.29 is 9.84 Å². The van der Waals surface area contributed by atoms with E-state index in [2.05, 4.69) is 24.4 Å². The van der Waals surface area contributed by atoms with Crippen LogP contribution < -0.4 is 10.1 Å². The maximum atomic E-state index is 8.80. The minimum atomic E-state index is 0.184. The van der Waals surface area contributed by atoms with E-state index in [9.17, 15) is 0 Å². The summed E-state index contributed by atoms with van der Waals surface area (Å²) in [6.45, 7) is 3.49. The normalized spacial score (nSPS) is 12.1. The van der Waals surface area contributed by atoms with E-state index < -0.39 is 0 Å². The average molecular weight is 334 g/mol. The molecule has 0 spiro atoms. The van der Waals surface area contributed by atoms with Crippen molar-refractivity contribution in [1.82, 2.24) is 5.32 Å². The van der Waals surface area contributed by atoms with Gasteiger partial charge in [0.25, 0.3) is 0 Å². The predicted octanol–water partition coefficient (Wildman–Crippen LogP) is 3.82. The predicted molar refractivity (Wildman–Crippen MR) is 95.1 cm³/mol. The van der Waals surface area contributed by atoms with E-state index in [1.807, 2.05) is 36.4 Å². The fraction of sp³-hybridized carbons (Fsp3) is 0.368. The molecule has 2 aromatic carbocycles. The van der Waals surface area contributed by atoms with Gasteiger partial charge < -0.3 is 15.2 Å². The van der Waals surface area contributed by atoms with Crippen LogP contribution in [0.3, 0.4) is 0 Å². The van der Waals surface area contributed by atoms with Crippen molar-refractivity contribution in [3.05, 3.63) is 64.7 Å². The number of hydrogen-bond acceptors (Lipinski definition) is 3. The smallest absolute Gasteiger partial charge is 0.119 e. The zero-order valence-corrected chi connectivity index (χ0v) is 14.2. The van der Waals surface area contributed by atoms with Gasteiger partial charge in [-0.3, -0.25) is 0 Å². The number of halogens is 1. The summed E-state index contributed by atoms with van der Waals surface area (Å²) in [6, 6.07) is 16.3. The zero-order chi connectivity index (χ0) is 16.5. The summed E-state index contributed by atoms with van der Waals surface area (Å²) in [6.07, 6.45) is 2.05. The average Bonchev–Trinajstić information content (AvgIpc) is 2.57. The molecule has 0 heterocycles. The molecule has 0 aromatic heterocycles. The highest BCUT2D eigenvalue weighted by Gasteiger charge is 2.02. The Morgan fingerprint density at radius 3 is 2.61 bits per heavy atom. The Hall–Kier alpha value is -1.55. The highest BCUT2D eigenvalue weighted by molar-refractivity contribution is 6.30. The molecular formula is C19H24ClNO2. The van der Waals surface area contributed by atoms with Gasteiger partial charge in [0.15, 0.2) is 0 Å². The highest BCUT2D eigenvalue weighted by atomic mass is 35.5. The van der Waals surface area contributed by atoms with Gasteiger partial charge in [-0.2, -0.15) is 0 Å². The molecule has 0 bridgehead atoms. The van der Waals surface area contributed by atoms with Gasteiger partial charge in [0.2, 0.25) is 0 Å². The van der Waals surface area contributed by atoms with Gasteiger partial charge in [0.1, 0.15) is 12.4 Å². The molecule has 124 valence electrons. The monoisotopic (exact) mass is 333 g/mol. The van der Waals surface area contributed by atoms with Crippen molar-refractivity contribution in [2.45, 2.75) is 32.4 Å². The molecule has 2 N–H and O–H groups in total. The van der Waals surface area contributed by atoms with Crippen molar-refractivity contribution in [2.24, 2.45) is 0 Å². The third kappa shape index (κ3) is 6.61. The Kier molecular flexibility index (Phi) is 7.40. The summed E-state index contributed by atoms with van der Waals surface area (Å²) in [5.74, 6) is 0.861. The van der Waals surface area contributed by atoms with Gasteiger partial charge in [-0.15, -0.1) is 0 Å². The van der Waals surface area contributed by atoms with Crippen LogP contribution in [0.1, 0.15) is 24.5 Å². The molecule has 23 heavy (non-hydrogen) atoms. The molecule has 0 saturated heterocycles. The maximum Gasteiger partial charge on any atom is 0.119 e. The minimum Gasteiger partial charge on any atom is -0.489 e. The summed E-state index contributed by atoms with van der Waals surface area (Å²) in [5.41, 5.74) is 2.35. The molecule has 1 unspecified atom stereocenters. The molecule has 0 saturated carbocycles. The van der Waals surface area contributed by atoms with Gasteiger partial charge in [-0.25, -0.2) is 0 Å². The second-order valence-electron chi connectivity index (χ2n) is 5.68. The largest absolute Gasteiger partial charge is 0.489 e. The lowest BCUT2D eigenvalue weighted by Gasteiger charge is -2.13. The Morgan fingerprint density at radius 2 is 1.91 bits per heavy atom. The Morgan fingerprint density at radius 1 is 1.13 bits per heavy atom. The summed E-state index contributed by atoms with van der Waals surface area (Å²) in [4.78, 5) is 0. The first-order valence-electron chi connectivity index (χ1n) is 7.98. The van der Waals surface area contributed by atoms with E-state index in [1.54, 1.807) is 0 Å². The van der Waals surface area contributed by atoms with Gasteiger partial charge in [-0.05, 0) is 55.2 Å². The first-order chi connectivity index (χ1) is 11.2. The van der Waals surface area contributed by atoms with Crippen molar-refractivity contribution in [1.29, 1.82) is 0 Å². The molecule has 0 radical (unpaired) electrons. The zero-order valence-electron chi connectivity index (χ0n) is 13.5. The van der Waals surface area contributed by atoms with Crippen LogP contribution in [0.5, 0.6) is 5.75 Å². The third-order valence-electron chi connectivity index (χ3n) is 3.69. The summed E-state index contributed by atoms with van der Waals surface area (Å²) in [5, 5.41) is 12.8. The standard InChI is InChI=1S/C19H24ClNO2/c1-15(21-11-12-22)5-6-16-7-9-19(10-8-16)23-14-17-3-2-4-18(20)13-17/h2-4,7-10,13,15,21-22H,5-6,11-12,14H2,1H3. The van der Waals surface area contributed by atoms with Crippen LogP contribution in [0.4, 0.5) is 0 Å². The SMILES string of the molecule is CC(CCc1ccc(OCc2cccc(Cl)c2)cc1)NCCO. The number of aliphatic hydroxyl groups is 1. The first kappa shape index (κ1) is 17.8. The Labute approximate surface area is 143 Å². The van der Waals surface area contributed by atoms with Crippen LogP contribution in [-0.2, 0) is 13.0 Å². The van der Waals surface area contributed by atoms with Crippen LogP contribution in [0, 0.1) is 0 Å². The van der Waals surface area contributed by atoms with E-state index in [-0.39, 0.29) is 6.61 Å². The number of hydrogen-bond donors (Lipinski definition) is 2. The van der Waals surface area contributed by atoms with E-state index in [0.29, 0.717) is 19.2 Å². The van der Waals surface area contributed by atoms with Gasteiger partial charge >= 0.3 is 0 Å². The van der Waals surface area contributed by atoms with Crippen molar-refractivity contribution in [3.8, 4) is 5.75 Å². The molecule has 0 aliphatic heterocycles. The van der Waals surface area contributed by atoms with Crippen LogP contribution in [-0.4, -0.2) is 24.3 Å². The lowest BCUT2D eigenvalue weighted by molar-refractivity contribution is 0.284. The molecule has 0 aliphatic rings. The molecule has 3 nitrogen and oxygen atoms in total. The van der Waals surface area contributed by atoms with Crippen molar-refractivity contribution in [2.75, 3.05) is 13.2 Å². The minimum absolute atomic E-state index is 0.184. The van der Waals surface area contributed by atoms with E-state index >= 15 is 0 Å². The lowest BCUT2D eigenvalue weighted by Crippen LogP contribution is -2.29. The topological polar surface area (TPSA) is 41.5 Å². The second-order valence-corrected chi connectivity index (χ2v) is 6.12. The molecule has 0 fully saturated rings. The first-order valence-corrected chi connectivity index (χ1v) is 8.35. The Bertz CT molecular complexity index is 586. The second kappa shape index (κ2) is 9.56. The number of ether oxygens (including phenoxy) is 1. The van der Waals surface area contributed by atoms with Crippen molar-refractivity contribution in [3.63, 3.8) is 0 Å². The molecule has 2 aromatic rings. The molecular weight excluding hydrogens is 310 g/mol. The molecule has 0 aliphatic carbocycles. The molecule has 4 heteroatoms. The maximum absolute atomic E-state index is 8.80. The fourth-order valence-electron chi connectivity index (χ4n) is 2.34. The fourth-order valence-corrected chi connectivity index (χ4v) is 2.55. The summed E-state index contributed by atoms with van der Waals surface area (Å²) < 4.78 is 5.78. The molecule has 2 rings (SSSR count). The third-order valence-corrected chi connectivity index (χ3v) is 3.92. The molecule has 1 atom stereocenters. The quantitative estimate of drug-likeness (QED) is 0.733. The number of rotatable bonds is 9. The summed E-state index contributed by atoms with van der Waals surface area (Å²) >= 11 is 5.96. The number of aryl methyl sites for hydroxylation is 1. The van der Waals surface area contributed by atoms with Crippen molar-refractivity contribution >= 4 is 11.6 Å². The number of nitrogens with one attached hydrogen (secondary N) is 1.